The lowest BCUT2D eigenvalue weighted by Gasteiger charge is -2.20. The number of hydrogen-bond acceptors (Lipinski definition) is 3. The van der Waals surface area contributed by atoms with Crippen LogP contribution in [-0.4, -0.2) is 51.4 Å². The van der Waals surface area contributed by atoms with Crippen molar-refractivity contribution in [3.63, 3.8) is 0 Å². The maximum Gasteiger partial charge on any atom is 0.191 e. The van der Waals surface area contributed by atoms with Crippen LogP contribution in [0.4, 0.5) is 5.69 Å². The first kappa shape index (κ1) is 18.6. The molecule has 1 aromatic carbocycles. The van der Waals surface area contributed by atoms with Gasteiger partial charge >= 0.3 is 0 Å². The quantitative estimate of drug-likeness (QED) is 0.415. The second-order valence-electron chi connectivity index (χ2n) is 6.08. The van der Waals surface area contributed by atoms with Crippen molar-refractivity contribution in [2.24, 2.45) is 4.99 Å². The van der Waals surface area contributed by atoms with Crippen LogP contribution in [0.5, 0.6) is 0 Å². The van der Waals surface area contributed by atoms with Crippen LogP contribution in [-0.2, 0) is 4.74 Å². The number of aliphatic imine (C=N–C) groups is 1. The van der Waals surface area contributed by atoms with Crippen LogP contribution < -0.4 is 15.5 Å². The Kier molecular flexibility index (Phi) is 8.46. The van der Waals surface area contributed by atoms with Crippen LogP contribution in [0.15, 0.2) is 35.3 Å². The number of para-hydroxylation sites is 1. The third kappa shape index (κ3) is 6.40. The molecule has 1 heterocycles. The summed E-state index contributed by atoms with van der Waals surface area (Å²) in [6, 6.07) is 11.1. The van der Waals surface area contributed by atoms with Crippen molar-refractivity contribution in [2.75, 3.05) is 44.3 Å². The van der Waals surface area contributed by atoms with Gasteiger partial charge in [0.2, 0.25) is 0 Å². The van der Waals surface area contributed by atoms with E-state index in [0.29, 0.717) is 6.04 Å². The Bertz CT molecular complexity index is 478. The zero-order chi connectivity index (χ0) is 17.0. The fourth-order valence-corrected chi connectivity index (χ4v) is 2.92. The summed E-state index contributed by atoms with van der Waals surface area (Å²) in [7, 11) is 0. The molecule has 0 amide bonds. The highest BCUT2D eigenvalue weighted by Crippen LogP contribution is 2.19. The van der Waals surface area contributed by atoms with Crippen LogP contribution in [0.3, 0.4) is 0 Å². The first-order valence-electron chi connectivity index (χ1n) is 9.26. The van der Waals surface area contributed by atoms with Crippen molar-refractivity contribution in [1.82, 2.24) is 10.6 Å². The number of guanidine groups is 1. The molecule has 5 nitrogen and oxygen atoms in total. The highest BCUT2D eigenvalue weighted by Gasteiger charge is 2.23. The number of unbranched alkanes of at least 4 members (excludes halogenated alkanes) is 1. The molecule has 134 valence electrons. The molecule has 2 N–H and O–H groups in total. The van der Waals surface area contributed by atoms with Gasteiger partial charge in [0, 0.05) is 51.1 Å². The third-order valence-electron chi connectivity index (χ3n) is 4.17. The molecule has 1 aromatic rings. The Labute approximate surface area is 146 Å². The highest BCUT2D eigenvalue weighted by atomic mass is 16.5. The van der Waals surface area contributed by atoms with Crippen LogP contribution in [0.2, 0.25) is 0 Å². The lowest BCUT2D eigenvalue weighted by molar-refractivity contribution is 0.144. The van der Waals surface area contributed by atoms with Gasteiger partial charge in [-0.15, -0.1) is 0 Å². The third-order valence-corrected chi connectivity index (χ3v) is 4.17. The molecule has 0 bridgehead atoms. The highest BCUT2D eigenvalue weighted by molar-refractivity contribution is 5.80. The number of anilines is 1. The summed E-state index contributed by atoms with van der Waals surface area (Å²) < 4.78 is 5.36. The minimum atomic E-state index is 0.450. The molecule has 24 heavy (non-hydrogen) atoms. The molecule has 0 aromatic heterocycles. The van der Waals surface area contributed by atoms with Crippen LogP contribution in [0.1, 0.15) is 33.1 Å². The molecule has 1 saturated heterocycles. The van der Waals surface area contributed by atoms with Gasteiger partial charge in [-0.05, 0) is 45.2 Å². The lowest BCUT2D eigenvalue weighted by atomic mass is 10.2. The molecule has 0 radical (unpaired) electrons. The molecule has 1 atom stereocenters. The predicted molar refractivity (Wildman–Crippen MR) is 102 cm³/mol. The molecular weight excluding hydrogens is 300 g/mol. The molecule has 1 aliphatic rings. The molecule has 5 heteroatoms. The Morgan fingerprint density at radius 1 is 1.25 bits per heavy atom. The summed E-state index contributed by atoms with van der Waals surface area (Å²) in [6.45, 7) is 9.63. The van der Waals surface area contributed by atoms with Gasteiger partial charge in [0.05, 0.1) is 0 Å². The number of hydrogen-bond donors (Lipinski definition) is 2. The predicted octanol–water partition coefficient (Wildman–Crippen LogP) is 2.64. The SMILES string of the molecule is CCNC(=NCCCCOCC)NC1CCN(c2ccccc2)C1. The van der Waals surface area contributed by atoms with Gasteiger partial charge in [0.25, 0.3) is 0 Å². The molecule has 2 rings (SSSR count). The monoisotopic (exact) mass is 332 g/mol. The molecule has 1 fully saturated rings. The summed E-state index contributed by atoms with van der Waals surface area (Å²) in [5, 5.41) is 6.94. The van der Waals surface area contributed by atoms with Crippen molar-refractivity contribution in [3.8, 4) is 0 Å². The van der Waals surface area contributed by atoms with Crippen molar-refractivity contribution in [1.29, 1.82) is 0 Å². The van der Waals surface area contributed by atoms with E-state index in [1.807, 2.05) is 6.92 Å². The number of nitrogens with one attached hydrogen (secondary N) is 2. The maximum absolute atomic E-state index is 5.36. The molecular formula is C19H32N4O. The van der Waals surface area contributed by atoms with Gasteiger partial charge in [-0.1, -0.05) is 18.2 Å². The van der Waals surface area contributed by atoms with Crippen molar-refractivity contribution in [2.45, 2.75) is 39.2 Å². The Morgan fingerprint density at radius 3 is 2.83 bits per heavy atom. The van der Waals surface area contributed by atoms with Gasteiger partial charge in [-0.25, -0.2) is 0 Å². The first-order valence-corrected chi connectivity index (χ1v) is 9.26. The standard InChI is InChI=1S/C19H32N4O/c1-3-20-19(21-13-8-9-15-24-4-2)22-17-12-14-23(16-17)18-10-6-5-7-11-18/h5-7,10-11,17H,3-4,8-9,12-16H2,1-2H3,(H2,20,21,22). The second kappa shape index (κ2) is 10.9. The van der Waals surface area contributed by atoms with Gasteiger partial charge in [-0.2, -0.15) is 0 Å². The number of benzene rings is 1. The topological polar surface area (TPSA) is 48.9 Å². The van der Waals surface area contributed by atoms with E-state index in [1.54, 1.807) is 0 Å². The van der Waals surface area contributed by atoms with E-state index in [-0.39, 0.29) is 0 Å². The Hall–Kier alpha value is -1.75. The number of nitrogens with zero attached hydrogens (tertiary/aromatic N) is 2. The summed E-state index contributed by atoms with van der Waals surface area (Å²) >= 11 is 0. The second-order valence-corrected chi connectivity index (χ2v) is 6.08. The first-order chi connectivity index (χ1) is 11.8. The van der Waals surface area contributed by atoms with E-state index in [2.05, 4.69) is 52.8 Å². The van der Waals surface area contributed by atoms with E-state index < -0.39 is 0 Å². The number of ether oxygens (including phenoxy) is 1. The number of rotatable bonds is 9. The van der Waals surface area contributed by atoms with Crippen LogP contribution >= 0.6 is 0 Å². The summed E-state index contributed by atoms with van der Waals surface area (Å²) in [4.78, 5) is 7.13. The molecule has 0 aliphatic carbocycles. The fourth-order valence-electron chi connectivity index (χ4n) is 2.92. The van der Waals surface area contributed by atoms with E-state index >= 15 is 0 Å². The summed E-state index contributed by atoms with van der Waals surface area (Å²) in [5.41, 5.74) is 1.31. The largest absolute Gasteiger partial charge is 0.382 e. The van der Waals surface area contributed by atoms with Crippen LogP contribution in [0.25, 0.3) is 0 Å². The lowest BCUT2D eigenvalue weighted by Crippen LogP contribution is -2.44. The minimum Gasteiger partial charge on any atom is -0.382 e. The molecule has 1 aliphatic heterocycles. The average molecular weight is 332 g/mol. The van der Waals surface area contributed by atoms with Crippen molar-refractivity contribution >= 4 is 11.6 Å². The van der Waals surface area contributed by atoms with E-state index in [9.17, 15) is 0 Å². The molecule has 0 saturated carbocycles. The summed E-state index contributed by atoms with van der Waals surface area (Å²) in [6.07, 6.45) is 3.28. The molecule has 0 spiro atoms. The van der Waals surface area contributed by atoms with Gasteiger partial charge in [0.1, 0.15) is 0 Å². The van der Waals surface area contributed by atoms with Gasteiger partial charge in [0.15, 0.2) is 5.96 Å². The Morgan fingerprint density at radius 2 is 2.08 bits per heavy atom. The Balaban J connectivity index is 1.76. The van der Waals surface area contributed by atoms with Gasteiger partial charge < -0.3 is 20.3 Å². The summed E-state index contributed by atoms with van der Waals surface area (Å²) in [5.74, 6) is 0.939. The normalized spacial score (nSPS) is 18.0. The zero-order valence-corrected chi connectivity index (χ0v) is 15.1. The minimum absolute atomic E-state index is 0.450. The fraction of sp³-hybridized carbons (Fsp3) is 0.632. The zero-order valence-electron chi connectivity index (χ0n) is 15.1. The average Bonchev–Trinajstić information content (AvgIpc) is 3.07. The van der Waals surface area contributed by atoms with E-state index in [4.69, 9.17) is 9.73 Å². The van der Waals surface area contributed by atoms with Crippen LogP contribution in [0, 0.1) is 0 Å². The van der Waals surface area contributed by atoms with Gasteiger partial charge in [-0.3, -0.25) is 4.99 Å². The van der Waals surface area contributed by atoms with E-state index in [0.717, 1.165) is 64.6 Å². The van der Waals surface area contributed by atoms with E-state index in [1.165, 1.54) is 5.69 Å². The molecule has 1 unspecified atom stereocenters. The smallest absolute Gasteiger partial charge is 0.191 e. The maximum atomic E-state index is 5.36. The van der Waals surface area contributed by atoms with Crippen molar-refractivity contribution < 1.29 is 4.74 Å². The van der Waals surface area contributed by atoms with Crippen molar-refractivity contribution in [3.05, 3.63) is 30.3 Å².